The van der Waals surface area contributed by atoms with E-state index in [2.05, 4.69) is 68.9 Å². The predicted molar refractivity (Wildman–Crippen MR) is 71.9 cm³/mol. The lowest BCUT2D eigenvalue weighted by molar-refractivity contribution is -0.660. The number of aromatic nitrogens is 1. The third kappa shape index (κ3) is 2.23. The van der Waals surface area contributed by atoms with Crippen LogP contribution in [-0.2, 0) is 13.5 Å². The first kappa shape index (κ1) is 11.8. The summed E-state index contributed by atoms with van der Waals surface area (Å²) in [7, 11) is 2.11. The van der Waals surface area contributed by atoms with Gasteiger partial charge in [0.25, 0.3) is 0 Å². The topological polar surface area (TPSA) is 3.88 Å². The molecule has 88 valence electrons. The molecule has 17 heavy (non-hydrogen) atoms. The molecule has 0 aliphatic carbocycles. The van der Waals surface area contributed by atoms with Crippen molar-refractivity contribution in [3.05, 3.63) is 53.2 Å². The SMILES string of the molecule is CCc1ccc(-c2c(C)ccc[n+]2C)c(C)c1. The van der Waals surface area contributed by atoms with Crippen molar-refractivity contribution in [1.82, 2.24) is 0 Å². The molecule has 1 heteroatoms. The second-order valence-electron chi connectivity index (χ2n) is 4.65. The molecule has 0 amide bonds. The van der Waals surface area contributed by atoms with Gasteiger partial charge in [-0.05, 0) is 43.5 Å². The average molecular weight is 226 g/mol. The smallest absolute Gasteiger partial charge is 0.201 e. The van der Waals surface area contributed by atoms with Crippen molar-refractivity contribution in [2.24, 2.45) is 7.05 Å². The number of benzene rings is 1. The number of nitrogens with zero attached hydrogens (tertiary/aromatic N) is 1. The third-order valence-electron chi connectivity index (χ3n) is 3.34. The summed E-state index contributed by atoms with van der Waals surface area (Å²) in [6.45, 7) is 6.56. The van der Waals surface area contributed by atoms with E-state index in [1.54, 1.807) is 0 Å². The molecule has 1 aromatic carbocycles. The second-order valence-corrected chi connectivity index (χ2v) is 4.65. The Hall–Kier alpha value is -1.63. The molecule has 0 spiro atoms. The molecule has 0 saturated carbocycles. The van der Waals surface area contributed by atoms with Crippen LogP contribution in [0.25, 0.3) is 11.3 Å². The van der Waals surface area contributed by atoms with Crippen LogP contribution in [0.15, 0.2) is 36.5 Å². The highest BCUT2D eigenvalue weighted by Crippen LogP contribution is 2.24. The van der Waals surface area contributed by atoms with Gasteiger partial charge in [-0.3, -0.25) is 0 Å². The van der Waals surface area contributed by atoms with Gasteiger partial charge in [0.1, 0.15) is 7.05 Å². The summed E-state index contributed by atoms with van der Waals surface area (Å²) in [5, 5.41) is 0. The molecule has 0 radical (unpaired) electrons. The lowest BCUT2D eigenvalue weighted by Crippen LogP contribution is -2.31. The summed E-state index contributed by atoms with van der Waals surface area (Å²) in [5.41, 5.74) is 6.73. The Kier molecular flexibility index (Phi) is 3.28. The maximum Gasteiger partial charge on any atom is 0.215 e. The second kappa shape index (κ2) is 4.70. The van der Waals surface area contributed by atoms with E-state index < -0.39 is 0 Å². The van der Waals surface area contributed by atoms with Crippen molar-refractivity contribution in [3.63, 3.8) is 0 Å². The molecule has 1 heterocycles. The molecule has 0 aliphatic rings. The van der Waals surface area contributed by atoms with Crippen LogP contribution in [-0.4, -0.2) is 0 Å². The van der Waals surface area contributed by atoms with E-state index in [-0.39, 0.29) is 0 Å². The number of aryl methyl sites for hydroxylation is 4. The third-order valence-corrected chi connectivity index (χ3v) is 3.34. The number of pyridine rings is 1. The van der Waals surface area contributed by atoms with E-state index in [1.165, 1.54) is 27.9 Å². The lowest BCUT2D eigenvalue weighted by atomic mass is 9.98. The van der Waals surface area contributed by atoms with Gasteiger partial charge in [-0.15, -0.1) is 0 Å². The van der Waals surface area contributed by atoms with Crippen LogP contribution in [0.5, 0.6) is 0 Å². The summed E-state index contributed by atoms with van der Waals surface area (Å²) in [6, 6.07) is 11.0. The summed E-state index contributed by atoms with van der Waals surface area (Å²) in [5.74, 6) is 0. The van der Waals surface area contributed by atoms with Crippen molar-refractivity contribution in [3.8, 4) is 11.3 Å². The van der Waals surface area contributed by atoms with E-state index >= 15 is 0 Å². The fourth-order valence-corrected chi connectivity index (χ4v) is 2.36. The monoisotopic (exact) mass is 226 g/mol. The zero-order valence-corrected chi connectivity index (χ0v) is 11.1. The molecule has 0 saturated heterocycles. The van der Waals surface area contributed by atoms with Gasteiger partial charge in [0.15, 0.2) is 6.20 Å². The lowest BCUT2D eigenvalue weighted by Gasteiger charge is -2.08. The van der Waals surface area contributed by atoms with Gasteiger partial charge in [0.05, 0.1) is 0 Å². The van der Waals surface area contributed by atoms with Crippen molar-refractivity contribution in [2.75, 3.05) is 0 Å². The fourth-order valence-electron chi connectivity index (χ4n) is 2.36. The van der Waals surface area contributed by atoms with Crippen molar-refractivity contribution < 1.29 is 4.57 Å². The average Bonchev–Trinajstić information content (AvgIpc) is 2.30. The van der Waals surface area contributed by atoms with Crippen LogP contribution in [0.3, 0.4) is 0 Å². The molecule has 2 rings (SSSR count). The zero-order valence-electron chi connectivity index (χ0n) is 11.1. The summed E-state index contributed by atoms with van der Waals surface area (Å²) in [6.07, 6.45) is 3.20. The fraction of sp³-hybridized carbons (Fsp3) is 0.312. The molecule has 2 aromatic rings. The number of hydrogen-bond acceptors (Lipinski definition) is 0. The van der Waals surface area contributed by atoms with Gasteiger partial charge in [-0.25, -0.2) is 4.57 Å². The van der Waals surface area contributed by atoms with E-state index in [0.717, 1.165) is 6.42 Å². The van der Waals surface area contributed by atoms with Crippen molar-refractivity contribution in [1.29, 1.82) is 0 Å². The number of hydrogen-bond donors (Lipinski definition) is 0. The molecule has 0 N–H and O–H groups in total. The molecule has 1 aromatic heterocycles. The first-order valence-electron chi connectivity index (χ1n) is 6.18. The maximum absolute atomic E-state index is 2.29. The predicted octanol–water partition coefficient (Wildman–Crippen LogP) is 3.36. The summed E-state index contributed by atoms with van der Waals surface area (Å²) < 4.78 is 2.20. The molecule has 0 bridgehead atoms. The molecule has 0 aliphatic heterocycles. The van der Waals surface area contributed by atoms with Gasteiger partial charge < -0.3 is 0 Å². The molecule has 1 nitrogen and oxygen atoms in total. The summed E-state index contributed by atoms with van der Waals surface area (Å²) >= 11 is 0. The number of rotatable bonds is 2. The Morgan fingerprint density at radius 1 is 1.06 bits per heavy atom. The minimum atomic E-state index is 1.10. The Morgan fingerprint density at radius 3 is 2.41 bits per heavy atom. The molecule has 0 unspecified atom stereocenters. The Balaban J connectivity index is 2.61. The molecular formula is C16H20N+. The van der Waals surface area contributed by atoms with Gasteiger partial charge in [-0.2, -0.15) is 0 Å². The van der Waals surface area contributed by atoms with Crippen LogP contribution >= 0.6 is 0 Å². The first-order valence-corrected chi connectivity index (χ1v) is 6.18. The Labute approximate surface area is 104 Å². The minimum absolute atomic E-state index is 1.10. The van der Waals surface area contributed by atoms with Gasteiger partial charge in [0, 0.05) is 17.2 Å². The highest BCUT2D eigenvalue weighted by atomic mass is 14.9. The maximum atomic E-state index is 2.29. The van der Waals surface area contributed by atoms with Gasteiger partial charge in [0.2, 0.25) is 5.69 Å². The van der Waals surface area contributed by atoms with Crippen LogP contribution in [0.1, 0.15) is 23.6 Å². The Morgan fingerprint density at radius 2 is 1.82 bits per heavy atom. The largest absolute Gasteiger partial charge is 0.215 e. The Bertz CT molecular complexity index is 521. The standard InChI is InChI=1S/C16H20N/c1-5-14-8-9-15(13(3)11-14)16-12(2)7-6-10-17(16)4/h6-11H,5H2,1-4H3/q+1. The van der Waals surface area contributed by atoms with Crippen LogP contribution < -0.4 is 4.57 Å². The highest BCUT2D eigenvalue weighted by Gasteiger charge is 2.14. The normalized spacial score (nSPS) is 10.6. The van der Waals surface area contributed by atoms with Crippen molar-refractivity contribution in [2.45, 2.75) is 27.2 Å². The van der Waals surface area contributed by atoms with Crippen molar-refractivity contribution >= 4 is 0 Å². The highest BCUT2D eigenvalue weighted by molar-refractivity contribution is 5.64. The van der Waals surface area contributed by atoms with E-state index in [9.17, 15) is 0 Å². The molecule has 0 fully saturated rings. The van der Waals surface area contributed by atoms with Crippen LogP contribution in [0.2, 0.25) is 0 Å². The van der Waals surface area contributed by atoms with E-state index in [1.807, 2.05) is 0 Å². The first-order chi connectivity index (χ1) is 8.13. The van der Waals surface area contributed by atoms with Gasteiger partial charge >= 0.3 is 0 Å². The zero-order chi connectivity index (χ0) is 12.4. The quantitative estimate of drug-likeness (QED) is 0.691. The molecule has 0 atom stereocenters. The molecular weight excluding hydrogens is 206 g/mol. The van der Waals surface area contributed by atoms with Gasteiger partial charge in [-0.1, -0.05) is 19.1 Å². The minimum Gasteiger partial charge on any atom is -0.201 e. The van der Waals surface area contributed by atoms with E-state index in [0.29, 0.717) is 0 Å². The van der Waals surface area contributed by atoms with Crippen LogP contribution in [0.4, 0.5) is 0 Å². The van der Waals surface area contributed by atoms with E-state index in [4.69, 9.17) is 0 Å². The summed E-state index contributed by atoms with van der Waals surface area (Å²) in [4.78, 5) is 0. The van der Waals surface area contributed by atoms with Crippen LogP contribution in [0, 0.1) is 13.8 Å².